The van der Waals surface area contributed by atoms with Crippen molar-refractivity contribution in [1.82, 2.24) is 20.0 Å². The molecule has 1 amide bonds. The number of morpholine rings is 1. The lowest BCUT2D eigenvalue weighted by Gasteiger charge is -2.37. The minimum Gasteiger partial charge on any atom is -0.493 e. The monoisotopic (exact) mass is 561 g/mol. The Kier molecular flexibility index (Phi) is 11.3. The number of hydrogen-bond donors (Lipinski definition) is 1. The van der Waals surface area contributed by atoms with E-state index in [1.54, 1.807) is 14.2 Å². The number of nitrogens with one attached hydrogen (secondary N) is 1. The smallest absolute Gasteiger partial charge is 0.236 e. The van der Waals surface area contributed by atoms with E-state index in [-0.39, 0.29) is 29.9 Å². The standard InChI is InChI=1S/C22H35N5O4.HI/c1-4-31-20-15-18(5-6-19(20)29-3)16-24-22(23-2)27-9-7-25(8-10-27)17-21(28)26-11-13-30-14-12-26;/h5-6,15H,4,7-14,16-17H2,1-3H3,(H,23,24);1H. The summed E-state index contributed by atoms with van der Waals surface area (Å²) in [5, 5.41) is 3.44. The fourth-order valence-electron chi connectivity index (χ4n) is 3.83. The summed E-state index contributed by atoms with van der Waals surface area (Å²) in [5.74, 6) is 2.55. The Morgan fingerprint density at radius 1 is 1.09 bits per heavy atom. The minimum atomic E-state index is 0. The summed E-state index contributed by atoms with van der Waals surface area (Å²) in [6.45, 7) is 9.71. The molecule has 0 unspecified atom stereocenters. The number of piperazine rings is 1. The van der Waals surface area contributed by atoms with Crippen molar-refractivity contribution in [3.8, 4) is 11.5 Å². The zero-order valence-electron chi connectivity index (χ0n) is 19.3. The summed E-state index contributed by atoms with van der Waals surface area (Å²) in [6.07, 6.45) is 0. The average Bonchev–Trinajstić information content (AvgIpc) is 2.81. The van der Waals surface area contributed by atoms with Crippen molar-refractivity contribution in [3.63, 3.8) is 0 Å². The molecule has 0 aliphatic carbocycles. The largest absolute Gasteiger partial charge is 0.493 e. The maximum absolute atomic E-state index is 12.5. The third-order valence-corrected chi connectivity index (χ3v) is 5.58. The van der Waals surface area contributed by atoms with Gasteiger partial charge in [0.2, 0.25) is 5.91 Å². The number of carbonyl (C=O) groups excluding carboxylic acids is 1. The van der Waals surface area contributed by atoms with Crippen molar-refractivity contribution in [2.24, 2.45) is 4.99 Å². The van der Waals surface area contributed by atoms with Crippen LogP contribution in [0.2, 0.25) is 0 Å². The number of benzene rings is 1. The lowest BCUT2D eigenvalue weighted by atomic mass is 10.2. The number of ether oxygens (including phenoxy) is 3. The fraction of sp³-hybridized carbons (Fsp3) is 0.636. The van der Waals surface area contributed by atoms with Crippen LogP contribution in [0.5, 0.6) is 11.5 Å². The van der Waals surface area contributed by atoms with E-state index >= 15 is 0 Å². The molecule has 2 heterocycles. The molecular weight excluding hydrogens is 525 g/mol. The lowest BCUT2D eigenvalue weighted by Crippen LogP contribution is -2.54. The number of aliphatic imine (C=N–C) groups is 1. The molecule has 2 aliphatic rings. The fourth-order valence-corrected chi connectivity index (χ4v) is 3.83. The Balaban J connectivity index is 0.00000363. The maximum Gasteiger partial charge on any atom is 0.236 e. The highest BCUT2D eigenvalue weighted by atomic mass is 127. The number of halogens is 1. The van der Waals surface area contributed by atoms with E-state index in [0.717, 1.165) is 49.2 Å². The number of methoxy groups -OCH3 is 1. The van der Waals surface area contributed by atoms with Gasteiger partial charge in [-0.05, 0) is 24.6 Å². The predicted molar refractivity (Wildman–Crippen MR) is 135 cm³/mol. The highest BCUT2D eigenvalue weighted by Crippen LogP contribution is 2.28. The maximum atomic E-state index is 12.5. The first-order valence-electron chi connectivity index (χ1n) is 11.0. The summed E-state index contributed by atoms with van der Waals surface area (Å²) in [6, 6.07) is 5.95. The predicted octanol–water partition coefficient (Wildman–Crippen LogP) is 1.26. The molecular formula is C22H36IN5O4. The molecule has 0 bridgehead atoms. The van der Waals surface area contributed by atoms with E-state index in [1.165, 1.54) is 0 Å². The molecule has 1 aromatic rings. The molecule has 2 fully saturated rings. The molecule has 10 heteroatoms. The zero-order valence-corrected chi connectivity index (χ0v) is 21.7. The first-order chi connectivity index (χ1) is 15.1. The van der Waals surface area contributed by atoms with Crippen molar-refractivity contribution >= 4 is 35.8 Å². The third kappa shape index (κ3) is 7.38. The van der Waals surface area contributed by atoms with Gasteiger partial charge in [0.15, 0.2) is 17.5 Å². The van der Waals surface area contributed by atoms with E-state index in [1.807, 2.05) is 30.0 Å². The second-order valence-electron chi connectivity index (χ2n) is 7.58. The van der Waals surface area contributed by atoms with E-state index in [4.69, 9.17) is 14.2 Å². The Morgan fingerprint density at radius 3 is 2.44 bits per heavy atom. The molecule has 9 nitrogen and oxygen atoms in total. The number of carbonyl (C=O) groups is 1. The van der Waals surface area contributed by atoms with Crippen LogP contribution in [0.25, 0.3) is 0 Å². The third-order valence-electron chi connectivity index (χ3n) is 5.58. The topological polar surface area (TPSA) is 78.9 Å². The summed E-state index contributed by atoms with van der Waals surface area (Å²) >= 11 is 0. The van der Waals surface area contributed by atoms with Gasteiger partial charge in [-0.1, -0.05) is 6.07 Å². The van der Waals surface area contributed by atoms with Gasteiger partial charge in [0.1, 0.15) is 0 Å². The molecule has 0 aromatic heterocycles. The van der Waals surface area contributed by atoms with Gasteiger partial charge in [-0.3, -0.25) is 14.7 Å². The molecule has 32 heavy (non-hydrogen) atoms. The van der Waals surface area contributed by atoms with Gasteiger partial charge < -0.3 is 29.3 Å². The number of guanidine groups is 1. The van der Waals surface area contributed by atoms with Crippen molar-refractivity contribution in [2.75, 3.05) is 79.8 Å². The lowest BCUT2D eigenvalue weighted by molar-refractivity contribution is -0.136. The number of rotatable bonds is 7. The minimum absolute atomic E-state index is 0. The van der Waals surface area contributed by atoms with Crippen LogP contribution in [0.1, 0.15) is 12.5 Å². The molecule has 180 valence electrons. The van der Waals surface area contributed by atoms with Crippen LogP contribution in [-0.4, -0.2) is 106 Å². The van der Waals surface area contributed by atoms with Gasteiger partial charge in [0.25, 0.3) is 0 Å². The molecule has 0 radical (unpaired) electrons. The Morgan fingerprint density at radius 2 is 1.81 bits per heavy atom. The second kappa shape index (κ2) is 13.7. The summed E-state index contributed by atoms with van der Waals surface area (Å²) in [7, 11) is 3.45. The Labute approximate surface area is 208 Å². The van der Waals surface area contributed by atoms with Gasteiger partial charge in [-0.2, -0.15) is 0 Å². The number of nitrogens with zero attached hydrogens (tertiary/aromatic N) is 4. The zero-order chi connectivity index (χ0) is 22.1. The Bertz CT molecular complexity index is 750. The van der Waals surface area contributed by atoms with Crippen LogP contribution in [-0.2, 0) is 16.1 Å². The molecule has 0 atom stereocenters. The molecule has 1 N–H and O–H groups in total. The molecule has 2 aliphatic heterocycles. The second-order valence-corrected chi connectivity index (χ2v) is 7.58. The van der Waals surface area contributed by atoms with Crippen LogP contribution in [0.15, 0.2) is 23.2 Å². The molecule has 0 saturated carbocycles. The highest BCUT2D eigenvalue weighted by Gasteiger charge is 2.24. The van der Waals surface area contributed by atoms with Crippen LogP contribution < -0.4 is 14.8 Å². The Hall–Kier alpha value is -1.79. The highest BCUT2D eigenvalue weighted by molar-refractivity contribution is 14.0. The molecule has 2 saturated heterocycles. The number of amides is 1. The van der Waals surface area contributed by atoms with Gasteiger partial charge in [-0.25, -0.2) is 0 Å². The van der Waals surface area contributed by atoms with E-state index < -0.39 is 0 Å². The van der Waals surface area contributed by atoms with E-state index in [2.05, 4.69) is 20.1 Å². The summed E-state index contributed by atoms with van der Waals surface area (Å²) < 4.78 is 16.4. The molecule has 0 spiro atoms. The van der Waals surface area contributed by atoms with Crippen molar-refractivity contribution in [2.45, 2.75) is 13.5 Å². The first kappa shape index (κ1) is 26.5. The van der Waals surface area contributed by atoms with Gasteiger partial charge in [-0.15, -0.1) is 24.0 Å². The average molecular weight is 561 g/mol. The van der Waals surface area contributed by atoms with Crippen LogP contribution in [0.4, 0.5) is 0 Å². The van der Waals surface area contributed by atoms with Gasteiger partial charge in [0.05, 0.1) is 33.5 Å². The quantitative estimate of drug-likeness (QED) is 0.305. The van der Waals surface area contributed by atoms with Crippen LogP contribution in [0.3, 0.4) is 0 Å². The normalized spacial score (nSPS) is 17.5. The summed E-state index contributed by atoms with van der Waals surface area (Å²) in [5.41, 5.74) is 1.10. The van der Waals surface area contributed by atoms with Crippen molar-refractivity contribution in [1.29, 1.82) is 0 Å². The first-order valence-corrected chi connectivity index (χ1v) is 11.0. The van der Waals surface area contributed by atoms with Crippen molar-refractivity contribution in [3.05, 3.63) is 23.8 Å². The van der Waals surface area contributed by atoms with E-state index in [0.29, 0.717) is 46.0 Å². The van der Waals surface area contributed by atoms with Gasteiger partial charge >= 0.3 is 0 Å². The van der Waals surface area contributed by atoms with Crippen LogP contribution >= 0.6 is 24.0 Å². The van der Waals surface area contributed by atoms with Crippen LogP contribution in [0, 0.1) is 0 Å². The van der Waals surface area contributed by atoms with Crippen molar-refractivity contribution < 1.29 is 19.0 Å². The van der Waals surface area contributed by atoms with E-state index in [9.17, 15) is 4.79 Å². The van der Waals surface area contributed by atoms with Gasteiger partial charge in [0, 0.05) is 52.9 Å². The SMILES string of the molecule is CCOc1cc(CNC(=NC)N2CCN(CC(=O)N3CCOCC3)CC2)ccc1OC.I. The molecule has 1 aromatic carbocycles. The number of hydrogen-bond acceptors (Lipinski definition) is 6. The summed E-state index contributed by atoms with van der Waals surface area (Å²) in [4.78, 5) is 23.3. The molecule has 3 rings (SSSR count).